The molecule has 2 aromatic rings. The van der Waals surface area contributed by atoms with Crippen LogP contribution in [0.4, 0.5) is 18.9 Å². The van der Waals surface area contributed by atoms with E-state index in [2.05, 4.69) is 16.1 Å². The van der Waals surface area contributed by atoms with E-state index < -0.39 is 17.6 Å². The summed E-state index contributed by atoms with van der Waals surface area (Å²) < 4.78 is 40.9. The van der Waals surface area contributed by atoms with Gasteiger partial charge in [0.2, 0.25) is 0 Å². The lowest BCUT2D eigenvalue weighted by atomic mass is 10.0. The fourth-order valence-electron chi connectivity index (χ4n) is 3.22. The van der Waals surface area contributed by atoms with Crippen molar-refractivity contribution < 1.29 is 18.0 Å². The molecule has 3 rings (SSSR count). The fourth-order valence-corrected chi connectivity index (χ4v) is 3.22. The van der Waals surface area contributed by atoms with Gasteiger partial charge in [-0.2, -0.15) is 13.2 Å². The second-order valence-electron chi connectivity index (χ2n) is 7.12. The van der Waals surface area contributed by atoms with Gasteiger partial charge in [-0.25, -0.2) is 0 Å². The number of alkyl halides is 3. The second-order valence-corrected chi connectivity index (χ2v) is 7.12. The minimum Gasteiger partial charge on any atom is -0.322 e. The maximum absolute atomic E-state index is 13.6. The number of benzene rings is 2. The molecule has 0 bridgehead atoms. The largest absolute Gasteiger partial charge is 0.416 e. The average Bonchev–Trinajstić information content (AvgIpc) is 2.70. The van der Waals surface area contributed by atoms with Crippen molar-refractivity contribution in [2.24, 2.45) is 0 Å². The fraction of sp³-hybridized carbons (Fsp3) is 0.318. The smallest absolute Gasteiger partial charge is 0.322 e. The first-order chi connectivity index (χ1) is 13.8. The minimum absolute atomic E-state index is 0.102. The van der Waals surface area contributed by atoms with E-state index in [9.17, 15) is 18.0 Å². The lowest BCUT2D eigenvalue weighted by Gasteiger charge is -2.33. The van der Waals surface area contributed by atoms with Gasteiger partial charge in [-0.05, 0) is 49.0 Å². The quantitative estimate of drug-likeness (QED) is 0.794. The number of hydrogen-bond acceptors (Lipinski definition) is 3. The third-order valence-electron chi connectivity index (χ3n) is 4.98. The average molecular weight is 401 g/mol. The molecule has 152 valence electrons. The molecule has 0 saturated carbocycles. The third kappa shape index (κ3) is 5.37. The molecule has 29 heavy (non-hydrogen) atoms. The van der Waals surface area contributed by atoms with Crippen molar-refractivity contribution in [2.45, 2.75) is 12.7 Å². The minimum atomic E-state index is -4.50. The highest BCUT2D eigenvalue weighted by atomic mass is 19.4. The van der Waals surface area contributed by atoms with Crippen LogP contribution < -0.4 is 5.32 Å². The van der Waals surface area contributed by atoms with Crippen molar-refractivity contribution in [3.05, 3.63) is 64.7 Å². The van der Waals surface area contributed by atoms with Gasteiger partial charge >= 0.3 is 6.18 Å². The Morgan fingerprint density at radius 2 is 1.76 bits per heavy atom. The maximum atomic E-state index is 13.6. The molecule has 4 nitrogen and oxygen atoms in total. The first kappa shape index (κ1) is 20.9. The van der Waals surface area contributed by atoms with E-state index in [4.69, 9.17) is 6.42 Å². The van der Waals surface area contributed by atoms with E-state index in [0.29, 0.717) is 11.1 Å². The number of nitrogens with zero attached hydrogens (tertiary/aromatic N) is 2. The zero-order valence-electron chi connectivity index (χ0n) is 16.1. The number of likely N-dealkylation sites (N-methyl/N-ethyl adjacent to an activating group) is 1. The highest BCUT2D eigenvalue weighted by Crippen LogP contribution is 2.34. The van der Waals surface area contributed by atoms with Crippen LogP contribution in [0.1, 0.15) is 27.0 Å². The molecule has 0 atom stereocenters. The summed E-state index contributed by atoms with van der Waals surface area (Å²) in [4.78, 5) is 16.5. The Morgan fingerprint density at radius 1 is 1.10 bits per heavy atom. The monoisotopic (exact) mass is 401 g/mol. The van der Waals surface area contributed by atoms with E-state index >= 15 is 0 Å². The first-order valence-electron chi connectivity index (χ1n) is 9.25. The number of carbonyl (C=O) groups is 1. The molecule has 0 aromatic heterocycles. The van der Waals surface area contributed by atoms with Gasteiger partial charge in [0, 0.05) is 49.5 Å². The number of amides is 1. The van der Waals surface area contributed by atoms with Gasteiger partial charge in [0.05, 0.1) is 5.56 Å². The number of halogens is 3. The van der Waals surface area contributed by atoms with Crippen LogP contribution in [-0.2, 0) is 12.7 Å². The Balaban J connectivity index is 1.78. The molecule has 0 unspecified atom stereocenters. The van der Waals surface area contributed by atoms with E-state index in [-0.39, 0.29) is 17.8 Å². The van der Waals surface area contributed by atoms with Crippen LogP contribution in [-0.4, -0.2) is 48.9 Å². The van der Waals surface area contributed by atoms with Crippen LogP contribution in [0.2, 0.25) is 0 Å². The summed E-state index contributed by atoms with van der Waals surface area (Å²) in [6.07, 6.45) is 0.779. The molecule has 1 aliphatic rings. The molecule has 1 fully saturated rings. The Labute approximate surface area is 168 Å². The number of terminal acetylenes is 1. The zero-order valence-corrected chi connectivity index (χ0v) is 16.1. The topological polar surface area (TPSA) is 35.6 Å². The van der Waals surface area contributed by atoms with Gasteiger partial charge in [0.1, 0.15) is 0 Å². The van der Waals surface area contributed by atoms with Crippen LogP contribution in [0.25, 0.3) is 0 Å². The second kappa shape index (κ2) is 8.68. The Bertz CT molecular complexity index is 908. The first-order valence-corrected chi connectivity index (χ1v) is 9.25. The predicted molar refractivity (Wildman–Crippen MR) is 107 cm³/mol. The maximum Gasteiger partial charge on any atom is 0.416 e. The highest BCUT2D eigenvalue weighted by Gasteiger charge is 2.34. The van der Waals surface area contributed by atoms with Crippen LogP contribution in [0.15, 0.2) is 42.5 Å². The van der Waals surface area contributed by atoms with Gasteiger partial charge in [-0.15, -0.1) is 6.42 Å². The van der Waals surface area contributed by atoms with E-state index in [1.807, 2.05) is 11.9 Å². The SMILES string of the molecule is C#Cc1ccc(C(=O)Nc2ccc(CN3CCN(C)CC3)c(C(F)(F)F)c2)cc1. The van der Waals surface area contributed by atoms with Crippen molar-refractivity contribution >= 4 is 11.6 Å². The van der Waals surface area contributed by atoms with Crippen LogP contribution in [0, 0.1) is 12.3 Å². The predicted octanol–water partition coefficient (Wildman–Crippen LogP) is 3.69. The van der Waals surface area contributed by atoms with Crippen molar-refractivity contribution in [2.75, 3.05) is 38.5 Å². The number of nitrogens with one attached hydrogen (secondary N) is 1. The van der Waals surface area contributed by atoms with E-state index in [0.717, 1.165) is 32.2 Å². The summed E-state index contributed by atoms with van der Waals surface area (Å²) in [5.74, 6) is 1.95. The van der Waals surface area contributed by atoms with Crippen molar-refractivity contribution in [3.8, 4) is 12.3 Å². The molecular weight excluding hydrogens is 379 g/mol. The molecule has 7 heteroatoms. The Kier molecular flexibility index (Phi) is 6.26. The van der Waals surface area contributed by atoms with Crippen molar-refractivity contribution in [1.82, 2.24) is 9.80 Å². The van der Waals surface area contributed by atoms with Crippen LogP contribution >= 0.6 is 0 Å². The number of anilines is 1. The molecule has 2 aromatic carbocycles. The molecular formula is C22H22F3N3O. The van der Waals surface area contributed by atoms with Gasteiger partial charge in [-0.1, -0.05) is 12.0 Å². The zero-order chi connectivity index (χ0) is 21.0. The number of carbonyl (C=O) groups excluding carboxylic acids is 1. The van der Waals surface area contributed by atoms with E-state index in [1.165, 1.54) is 24.3 Å². The lowest BCUT2D eigenvalue weighted by Crippen LogP contribution is -2.44. The van der Waals surface area contributed by atoms with Crippen molar-refractivity contribution in [1.29, 1.82) is 0 Å². The highest BCUT2D eigenvalue weighted by molar-refractivity contribution is 6.04. The molecule has 1 amide bonds. The standard InChI is InChI=1S/C22H22F3N3O/c1-3-16-4-6-17(7-5-16)21(29)26-19-9-8-18(20(14-19)22(23,24)25)15-28-12-10-27(2)11-13-28/h1,4-9,14H,10-13,15H2,2H3,(H,26,29). The Hall–Kier alpha value is -2.82. The summed E-state index contributed by atoms with van der Waals surface area (Å²) in [5, 5.41) is 2.53. The number of hydrogen-bond donors (Lipinski definition) is 1. The van der Waals surface area contributed by atoms with Gasteiger partial charge in [0.25, 0.3) is 5.91 Å². The molecule has 1 heterocycles. The summed E-state index contributed by atoms with van der Waals surface area (Å²) in [6.45, 7) is 3.33. The van der Waals surface area contributed by atoms with Gasteiger partial charge < -0.3 is 10.2 Å². The van der Waals surface area contributed by atoms with Gasteiger partial charge in [0.15, 0.2) is 0 Å². The summed E-state index contributed by atoms with van der Waals surface area (Å²) >= 11 is 0. The molecule has 0 aliphatic carbocycles. The van der Waals surface area contributed by atoms with Crippen LogP contribution in [0.3, 0.4) is 0 Å². The summed E-state index contributed by atoms with van der Waals surface area (Å²) in [6, 6.07) is 10.2. The lowest BCUT2D eigenvalue weighted by molar-refractivity contribution is -0.138. The van der Waals surface area contributed by atoms with Crippen LogP contribution in [0.5, 0.6) is 0 Å². The number of rotatable bonds is 4. The number of piperazine rings is 1. The third-order valence-corrected chi connectivity index (χ3v) is 4.98. The summed E-state index contributed by atoms with van der Waals surface area (Å²) in [7, 11) is 2.00. The molecule has 1 saturated heterocycles. The summed E-state index contributed by atoms with van der Waals surface area (Å²) in [5.41, 5.74) is 0.522. The normalized spacial score (nSPS) is 15.7. The molecule has 1 aliphatic heterocycles. The van der Waals surface area contributed by atoms with Gasteiger partial charge in [-0.3, -0.25) is 9.69 Å². The van der Waals surface area contributed by atoms with Crippen molar-refractivity contribution in [3.63, 3.8) is 0 Å². The Morgan fingerprint density at radius 3 is 2.34 bits per heavy atom. The molecule has 1 N–H and O–H groups in total. The molecule has 0 spiro atoms. The molecule has 0 radical (unpaired) electrons. The van der Waals surface area contributed by atoms with E-state index in [1.54, 1.807) is 12.1 Å².